The van der Waals surface area contributed by atoms with Crippen molar-refractivity contribution < 1.29 is 4.42 Å². The highest BCUT2D eigenvalue weighted by Gasteiger charge is 2.00. The zero-order valence-corrected chi connectivity index (χ0v) is 9.09. The lowest BCUT2D eigenvalue weighted by Crippen LogP contribution is -1.81. The maximum absolute atomic E-state index is 5.70. The van der Waals surface area contributed by atoms with E-state index >= 15 is 0 Å². The third-order valence-electron chi connectivity index (χ3n) is 2.33. The van der Waals surface area contributed by atoms with Gasteiger partial charge in [0.15, 0.2) is 0 Å². The first-order valence-electron chi connectivity index (χ1n) is 5.55. The number of allylic oxidation sites excluding steroid dienone is 1. The van der Waals surface area contributed by atoms with Gasteiger partial charge in [0.25, 0.3) is 0 Å². The quantitative estimate of drug-likeness (QED) is 0.467. The summed E-state index contributed by atoms with van der Waals surface area (Å²) < 4.78 is 5.70. The van der Waals surface area contributed by atoms with Crippen molar-refractivity contribution in [3.8, 4) is 0 Å². The first-order chi connectivity index (χ1) is 6.86. The van der Waals surface area contributed by atoms with Crippen LogP contribution in [0.15, 0.2) is 29.2 Å². The molecule has 1 aromatic heterocycles. The average Bonchev–Trinajstić information content (AvgIpc) is 2.63. The van der Waals surface area contributed by atoms with Crippen LogP contribution in [0.4, 0.5) is 0 Å². The van der Waals surface area contributed by atoms with Crippen LogP contribution < -0.4 is 0 Å². The molecule has 0 spiro atoms. The molecular weight excluding hydrogens is 172 g/mol. The van der Waals surface area contributed by atoms with Crippen molar-refractivity contribution in [2.24, 2.45) is 0 Å². The first-order valence-corrected chi connectivity index (χ1v) is 5.55. The van der Waals surface area contributed by atoms with Crippen molar-refractivity contribution >= 4 is 0 Å². The average molecular weight is 192 g/mol. The van der Waals surface area contributed by atoms with E-state index in [0.29, 0.717) is 0 Å². The number of unbranched alkanes of at least 4 members (excludes halogenated alkanes) is 2. The van der Waals surface area contributed by atoms with Gasteiger partial charge in [0.2, 0.25) is 0 Å². The van der Waals surface area contributed by atoms with Gasteiger partial charge in [-0.25, -0.2) is 0 Å². The van der Waals surface area contributed by atoms with Crippen molar-refractivity contribution in [3.05, 3.63) is 36.3 Å². The highest BCUT2D eigenvalue weighted by molar-refractivity contribution is 5.07. The fraction of sp³-hybridized carbons (Fsp3) is 0.538. The zero-order valence-electron chi connectivity index (χ0n) is 9.09. The number of aryl methyl sites for hydroxylation is 2. The lowest BCUT2D eigenvalue weighted by molar-refractivity contribution is 0.454. The molecule has 0 atom stereocenters. The molecule has 0 radical (unpaired) electrons. The second-order valence-electron chi connectivity index (χ2n) is 3.65. The molecule has 0 saturated heterocycles. The topological polar surface area (TPSA) is 13.1 Å². The Labute approximate surface area is 86.8 Å². The molecule has 0 aliphatic heterocycles. The van der Waals surface area contributed by atoms with Gasteiger partial charge in [-0.15, -0.1) is 6.58 Å². The molecule has 1 heterocycles. The monoisotopic (exact) mass is 192 g/mol. The Bertz CT molecular complexity index is 260. The Morgan fingerprint density at radius 1 is 1.21 bits per heavy atom. The van der Waals surface area contributed by atoms with Crippen LogP contribution in [0.3, 0.4) is 0 Å². The maximum atomic E-state index is 5.70. The van der Waals surface area contributed by atoms with E-state index in [1.165, 1.54) is 12.8 Å². The molecule has 0 fully saturated rings. The molecule has 1 aromatic rings. The Morgan fingerprint density at radius 3 is 2.43 bits per heavy atom. The minimum absolute atomic E-state index is 1.04. The van der Waals surface area contributed by atoms with E-state index in [1.807, 2.05) is 6.08 Å². The van der Waals surface area contributed by atoms with E-state index in [2.05, 4.69) is 25.6 Å². The van der Waals surface area contributed by atoms with E-state index in [4.69, 9.17) is 4.42 Å². The first kappa shape index (κ1) is 11.1. The molecule has 0 aliphatic rings. The third-order valence-corrected chi connectivity index (χ3v) is 2.33. The minimum atomic E-state index is 1.04. The van der Waals surface area contributed by atoms with E-state index in [-0.39, 0.29) is 0 Å². The van der Waals surface area contributed by atoms with Gasteiger partial charge in [-0.3, -0.25) is 0 Å². The van der Waals surface area contributed by atoms with Gasteiger partial charge in [0, 0.05) is 12.8 Å². The summed E-state index contributed by atoms with van der Waals surface area (Å²) in [5.74, 6) is 2.26. The van der Waals surface area contributed by atoms with Gasteiger partial charge in [0.05, 0.1) is 0 Å². The summed E-state index contributed by atoms with van der Waals surface area (Å²) in [7, 11) is 0. The summed E-state index contributed by atoms with van der Waals surface area (Å²) in [6, 6.07) is 4.22. The zero-order chi connectivity index (χ0) is 10.2. The smallest absolute Gasteiger partial charge is 0.104 e. The fourth-order valence-electron chi connectivity index (χ4n) is 1.46. The molecular formula is C13H20O. The Kier molecular flexibility index (Phi) is 5.13. The second kappa shape index (κ2) is 6.47. The van der Waals surface area contributed by atoms with Crippen LogP contribution in [0.1, 0.15) is 44.1 Å². The molecule has 0 saturated carbocycles. The summed E-state index contributed by atoms with van der Waals surface area (Å²) in [5, 5.41) is 0. The number of hydrogen-bond donors (Lipinski definition) is 0. The summed E-state index contributed by atoms with van der Waals surface area (Å²) in [6.07, 6.45) is 8.75. The predicted molar refractivity (Wildman–Crippen MR) is 60.5 cm³/mol. The maximum Gasteiger partial charge on any atom is 0.104 e. The standard InChI is InChI=1S/C13H20O/c1-3-5-7-9-13-11-10-12(14-13)8-6-4-2/h3,10-11H,1,4-9H2,2H3. The molecule has 1 rings (SSSR count). The summed E-state index contributed by atoms with van der Waals surface area (Å²) in [6.45, 7) is 5.91. The van der Waals surface area contributed by atoms with Crippen molar-refractivity contribution in [2.45, 2.75) is 45.4 Å². The van der Waals surface area contributed by atoms with Gasteiger partial charge in [-0.1, -0.05) is 19.4 Å². The summed E-state index contributed by atoms with van der Waals surface area (Å²) in [5.41, 5.74) is 0. The molecule has 0 aliphatic carbocycles. The lowest BCUT2D eigenvalue weighted by Gasteiger charge is -1.95. The molecule has 0 unspecified atom stereocenters. The van der Waals surface area contributed by atoms with E-state index in [9.17, 15) is 0 Å². The van der Waals surface area contributed by atoms with Gasteiger partial charge in [-0.2, -0.15) is 0 Å². The summed E-state index contributed by atoms with van der Waals surface area (Å²) >= 11 is 0. The molecule has 0 bridgehead atoms. The minimum Gasteiger partial charge on any atom is -0.466 e. The van der Waals surface area contributed by atoms with Crippen LogP contribution in [0.2, 0.25) is 0 Å². The van der Waals surface area contributed by atoms with Crippen LogP contribution >= 0.6 is 0 Å². The second-order valence-corrected chi connectivity index (χ2v) is 3.65. The number of rotatable bonds is 7. The Hall–Kier alpha value is -0.980. The van der Waals surface area contributed by atoms with Crippen molar-refractivity contribution in [1.29, 1.82) is 0 Å². The molecule has 14 heavy (non-hydrogen) atoms. The fourth-order valence-corrected chi connectivity index (χ4v) is 1.46. The third kappa shape index (κ3) is 3.82. The van der Waals surface area contributed by atoms with Gasteiger partial charge in [-0.05, 0) is 31.4 Å². The molecule has 0 aromatic carbocycles. The van der Waals surface area contributed by atoms with E-state index < -0.39 is 0 Å². The van der Waals surface area contributed by atoms with Crippen molar-refractivity contribution in [2.75, 3.05) is 0 Å². The van der Waals surface area contributed by atoms with Crippen LogP contribution in [0.5, 0.6) is 0 Å². The lowest BCUT2D eigenvalue weighted by atomic mass is 10.2. The van der Waals surface area contributed by atoms with Crippen molar-refractivity contribution in [1.82, 2.24) is 0 Å². The predicted octanol–water partition coefficient (Wildman–Crippen LogP) is 4.13. The molecule has 78 valence electrons. The van der Waals surface area contributed by atoms with Gasteiger partial charge < -0.3 is 4.42 Å². The van der Waals surface area contributed by atoms with Crippen LogP contribution in [0.25, 0.3) is 0 Å². The van der Waals surface area contributed by atoms with E-state index in [0.717, 1.165) is 37.2 Å². The molecule has 0 amide bonds. The molecule has 0 N–H and O–H groups in total. The van der Waals surface area contributed by atoms with Crippen molar-refractivity contribution in [3.63, 3.8) is 0 Å². The van der Waals surface area contributed by atoms with E-state index in [1.54, 1.807) is 0 Å². The summed E-state index contributed by atoms with van der Waals surface area (Å²) in [4.78, 5) is 0. The normalized spacial score (nSPS) is 10.4. The highest BCUT2D eigenvalue weighted by atomic mass is 16.3. The Balaban J connectivity index is 2.31. The largest absolute Gasteiger partial charge is 0.466 e. The number of hydrogen-bond acceptors (Lipinski definition) is 1. The molecule has 1 nitrogen and oxygen atoms in total. The highest BCUT2D eigenvalue weighted by Crippen LogP contribution is 2.13. The van der Waals surface area contributed by atoms with Crippen LogP contribution in [0, 0.1) is 0 Å². The SMILES string of the molecule is C=CCCCc1ccc(CCCC)o1. The van der Waals surface area contributed by atoms with Gasteiger partial charge >= 0.3 is 0 Å². The Morgan fingerprint density at radius 2 is 1.86 bits per heavy atom. The molecule has 1 heteroatoms. The van der Waals surface area contributed by atoms with Crippen LogP contribution in [-0.4, -0.2) is 0 Å². The van der Waals surface area contributed by atoms with Gasteiger partial charge in [0.1, 0.15) is 11.5 Å². The number of furan rings is 1. The van der Waals surface area contributed by atoms with Crippen LogP contribution in [-0.2, 0) is 12.8 Å².